The number of amides is 3. The number of likely N-dealkylation sites (tertiary alicyclic amines) is 1. The van der Waals surface area contributed by atoms with Crippen LogP contribution < -0.4 is 5.32 Å². The summed E-state index contributed by atoms with van der Waals surface area (Å²) in [5, 5.41) is 11.5. The average Bonchev–Trinajstić information content (AvgIpc) is 2.79. The van der Waals surface area contributed by atoms with Gasteiger partial charge in [-0.15, -0.1) is 0 Å². The highest BCUT2D eigenvalue weighted by Crippen LogP contribution is 2.24. The van der Waals surface area contributed by atoms with Gasteiger partial charge in [0.05, 0.1) is 6.42 Å². The van der Waals surface area contributed by atoms with Crippen LogP contribution in [0.4, 0.5) is 15.3 Å². The molecule has 3 rings (SSSR count). The molecule has 26 heavy (non-hydrogen) atoms. The van der Waals surface area contributed by atoms with Crippen LogP contribution in [-0.4, -0.2) is 65.3 Å². The fourth-order valence-electron chi connectivity index (χ4n) is 3.42. The molecule has 140 valence electrons. The van der Waals surface area contributed by atoms with Gasteiger partial charge in [-0.25, -0.2) is 9.59 Å². The largest absolute Gasteiger partial charge is 0.481 e. The zero-order valence-electron chi connectivity index (χ0n) is 14.5. The summed E-state index contributed by atoms with van der Waals surface area (Å²) in [6, 6.07) is 7.78. The maximum atomic E-state index is 12.6. The van der Waals surface area contributed by atoms with Gasteiger partial charge in [-0.1, -0.05) is 18.2 Å². The topological polar surface area (TPSA) is 99.2 Å². The Morgan fingerprint density at radius 1 is 1.19 bits per heavy atom. The van der Waals surface area contributed by atoms with Crippen molar-refractivity contribution >= 4 is 23.8 Å². The van der Waals surface area contributed by atoms with Gasteiger partial charge in [0, 0.05) is 31.4 Å². The van der Waals surface area contributed by atoms with Gasteiger partial charge in [0.1, 0.15) is 6.61 Å². The van der Waals surface area contributed by atoms with Gasteiger partial charge in [-0.05, 0) is 30.9 Å². The van der Waals surface area contributed by atoms with Crippen LogP contribution in [-0.2, 0) is 16.0 Å². The fourth-order valence-corrected chi connectivity index (χ4v) is 3.42. The van der Waals surface area contributed by atoms with Crippen molar-refractivity contribution in [2.24, 2.45) is 0 Å². The number of para-hydroxylation sites is 1. The second-order valence-corrected chi connectivity index (χ2v) is 6.51. The van der Waals surface area contributed by atoms with Crippen molar-refractivity contribution in [3.05, 3.63) is 29.8 Å². The highest BCUT2D eigenvalue weighted by molar-refractivity contribution is 5.91. The molecule has 8 nitrogen and oxygen atoms in total. The van der Waals surface area contributed by atoms with Crippen LogP contribution in [0.15, 0.2) is 24.3 Å². The number of nitrogens with one attached hydrogen (secondary N) is 1. The van der Waals surface area contributed by atoms with Crippen LogP contribution in [0.1, 0.15) is 24.8 Å². The third-order valence-corrected chi connectivity index (χ3v) is 4.85. The number of fused-ring (bicyclic) bond motifs is 1. The van der Waals surface area contributed by atoms with E-state index < -0.39 is 12.1 Å². The first-order valence-electron chi connectivity index (χ1n) is 8.83. The van der Waals surface area contributed by atoms with E-state index in [9.17, 15) is 14.4 Å². The van der Waals surface area contributed by atoms with Gasteiger partial charge >= 0.3 is 18.1 Å². The molecule has 2 aliphatic rings. The molecule has 0 unspecified atom stereocenters. The van der Waals surface area contributed by atoms with Crippen molar-refractivity contribution in [2.45, 2.75) is 31.7 Å². The molecule has 2 N–H and O–H groups in total. The van der Waals surface area contributed by atoms with Crippen LogP contribution in [0.25, 0.3) is 0 Å². The standard InChI is InChI=1S/C18H23N3O5/c22-16(23)8-12-26-18(25)20-9-6-14(7-10-20)21-11-5-13-3-1-2-4-15(13)19-17(21)24/h1-4,14H,5-12H2,(H,19,24)(H,22,23). The molecule has 0 aromatic heterocycles. The van der Waals surface area contributed by atoms with Crippen molar-refractivity contribution in [3.63, 3.8) is 0 Å². The first-order valence-corrected chi connectivity index (χ1v) is 8.83. The van der Waals surface area contributed by atoms with Gasteiger partial charge in [0.25, 0.3) is 0 Å². The van der Waals surface area contributed by atoms with E-state index in [-0.39, 0.29) is 25.1 Å². The van der Waals surface area contributed by atoms with Gasteiger partial charge in [0.15, 0.2) is 0 Å². The lowest BCUT2D eigenvalue weighted by molar-refractivity contribution is -0.137. The first-order chi connectivity index (χ1) is 12.5. The lowest BCUT2D eigenvalue weighted by Crippen LogP contribution is -2.50. The Bertz CT molecular complexity index is 685. The van der Waals surface area contributed by atoms with E-state index in [1.807, 2.05) is 29.2 Å². The number of aliphatic carboxylic acids is 1. The van der Waals surface area contributed by atoms with Crippen molar-refractivity contribution in [1.29, 1.82) is 0 Å². The lowest BCUT2D eigenvalue weighted by Gasteiger charge is -2.37. The minimum Gasteiger partial charge on any atom is -0.481 e. The highest BCUT2D eigenvalue weighted by atomic mass is 16.6. The number of urea groups is 1. The molecule has 0 bridgehead atoms. The summed E-state index contributed by atoms with van der Waals surface area (Å²) in [4.78, 5) is 38.4. The van der Waals surface area contributed by atoms with Crippen LogP contribution in [0.3, 0.4) is 0 Å². The van der Waals surface area contributed by atoms with E-state index in [1.54, 1.807) is 4.90 Å². The predicted octanol–water partition coefficient (Wildman–Crippen LogP) is 2.15. The number of nitrogens with zero attached hydrogens (tertiary/aromatic N) is 2. The number of anilines is 1. The third-order valence-electron chi connectivity index (χ3n) is 4.85. The zero-order chi connectivity index (χ0) is 18.5. The van der Waals surface area contributed by atoms with Crippen molar-refractivity contribution < 1.29 is 24.2 Å². The van der Waals surface area contributed by atoms with Gasteiger partial charge in [-0.2, -0.15) is 0 Å². The zero-order valence-corrected chi connectivity index (χ0v) is 14.5. The summed E-state index contributed by atoms with van der Waals surface area (Å²) in [5.41, 5.74) is 1.99. The van der Waals surface area contributed by atoms with Gasteiger partial charge < -0.3 is 25.0 Å². The predicted molar refractivity (Wildman–Crippen MR) is 94.1 cm³/mol. The summed E-state index contributed by atoms with van der Waals surface area (Å²) in [5.74, 6) is -0.996. The van der Waals surface area contributed by atoms with Crippen LogP contribution >= 0.6 is 0 Å². The minimum atomic E-state index is -0.996. The minimum absolute atomic E-state index is 0.0763. The lowest BCUT2D eigenvalue weighted by atomic mass is 10.0. The maximum Gasteiger partial charge on any atom is 0.409 e. The number of carboxylic acid groups (broad SMARTS) is 1. The normalized spacial score (nSPS) is 17.9. The van der Waals surface area contributed by atoms with Gasteiger partial charge in [0.2, 0.25) is 0 Å². The Kier molecular flexibility index (Phi) is 5.60. The molecule has 0 aliphatic carbocycles. The number of carboxylic acids is 1. The monoisotopic (exact) mass is 361 g/mol. The molecule has 1 aromatic rings. The van der Waals surface area contributed by atoms with E-state index in [4.69, 9.17) is 9.84 Å². The molecule has 0 radical (unpaired) electrons. The molecular weight excluding hydrogens is 338 g/mol. The average molecular weight is 361 g/mol. The van der Waals surface area contributed by atoms with Crippen molar-refractivity contribution in [1.82, 2.24) is 9.80 Å². The molecule has 1 fully saturated rings. The molecule has 0 spiro atoms. The number of carbonyl (C=O) groups is 3. The summed E-state index contributed by atoms with van der Waals surface area (Å²) in [6.45, 7) is 1.51. The molecular formula is C18H23N3O5. The summed E-state index contributed by atoms with van der Waals surface area (Å²) in [7, 11) is 0. The Balaban J connectivity index is 1.51. The van der Waals surface area contributed by atoms with Crippen LogP contribution in [0.5, 0.6) is 0 Å². The number of hydrogen-bond acceptors (Lipinski definition) is 4. The van der Waals surface area contributed by atoms with E-state index in [2.05, 4.69) is 5.32 Å². The molecule has 0 atom stereocenters. The van der Waals surface area contributed by atoms with E-state index in [1.165, 1.54) is 0 Å². The second-order valence-electron chi connectivity index (χ2n) is 6.51. The molecule has 0 saturated carbocycles. The van der Waals surface area contributed by atoms with Crippen LogP contribution in [0.2, 0.25) is 0 Å². The highest BCUT2D eigenvalue weighted by Gasteiger charge is 2.31. The number of hydrogen-bond donors (Lipinski definition) is 2. The Morgan fingerprint density at radius 2 is 1.92 bits per heavy atom. The maximum absolute atomic E-state index is 12.6. The molecule has 1 aromatic carbocycles. The summed E-state index contributed by atoms with van der Waals surface area (Å²) < 4.78 is 4.97. The van der Waals surface area contributed by atoms with Gasteiger partial charge in [-0.3, -0.25) is 4.79 Å². The number of carbonyl (C=O) groups excluding carboxylic acids is 2. The fraction of sp³-hybridized carbons (Fsp3) is 0.500. The third kappa shape index (κ3) is 4.25. The Labute approximate surface area is 151 Å². The quantitative estimate of drug-likeness (QED) is 0.856. The first kappa shape index (κ1) is 18.0. The number of piperidine rings is 1. The SMILES string of the molecule is O=C(O)CCOC(=O)N1CCC(N2CCc3ccccc3NC2=O)CC1. The molecule has 2 aliphatic heterocycles. The smallest absolute Gasteiger partial charge is 0.409 e. The molecule has 1 saturated heterocycles. The van der Waals surface area contributed by atoms with Crippen LogP contribution in [0, 0.1) is 0 Å². The van der Waals surface area contributed by atoms with Crippen molar-refractivity contribution in [2.75, 3.05) is 31.6 Å². The van der Waals surface area contributed by atoms with E-state index >= 15 is 0 Å². The second kappa shape index (κ2) is 8.07. The summed E-state index contributed by atoms with van der Waals surface area (Å²) in [6.07, 6.45) is 1.47. The number of benzene rings is 1. The Hall–Kier alpha value is -2.77. The van der Waals surface area contributed by atoms with E-state index in [0.29, 0.717) is 32.5 Å². The number of ether oxygens (including phenoxy) is 1. The van der Waals surface area contributed by atoms with Crippen molar-refractivity contribution in [3.8, 4) is 0 Å². The molecule has 8 heteroatoms. The Morgan fingerprint density at radius 3 is 2.65 bits per heavy atom. The summed E-state index contributed by atoms with van der Waals surface area (Å²) >= 11 is 0. The molecule has 2 heterocycles. The number of rotatable bonds is 4. The van der Waals surface area contributed by atoms with E-state index in [0.717, 1.165) is 17.7 Å². The molecule has 3 amide bonds.